The van der Waals surface area contributed by atoms with Gasteiger partial charge in [0.2, 0.25) is 0 Å². The van der Waals surface area contributed by atoms with E-state index in [9.17, 15) is 13.5 Å². The molecule has 0 aliphatic carbocycles. The molecule has 6 nitrogen and oxygen atoms in total. The number of nitrogens with one attached hydrogen (secondary N) is 1. The van der Waals surface area contributed by atoms with Crippen molar-refractivity contribution in [2.75, 3.05) is 0 Å². The number of aromatic amines is 1. The minimum absolute atomic E-state index is 0.0361. The Bertz CT molecular complexity index is 2110. The monoisotopic (exact) mass is 515 g/mol. The normalized spacial score (nSPS) is 12.0. The summed E-state index contributed by atoms with van der Waals surface area (Å²) in [6.45, 7) is 0. The number of nitrogens with zero attached hydrogens (tertiary/aromatic N) is 2. The summed E-state index contributed by atoms with van der Waals surface area (Å²) in [4.78, 5) is 8.07. The van der Waals surface area contributed by atoms with Crippen molar-refractivity contribution in [3.05, 3.63) is 115 Å². The van der Waals surface area contributed by atoms with E-state index < -0.39 is 10.0 Å². The van der Waals surface area contributed by atoms with Crippen LogP contribution >= 0.6 is 0 Å². The van der Waals surface area contributed by atoms with Crippen LogP contribution in [0.2, 0.25) is 0 Å². The highest BCUT2D eigenvalue weighted by Crippen LogP contribution is 2.40. The lowest BCUT2D eigenvalue weighted by Crippen LogP contribution is -2.11. The van der Waals surface area contributed by atoms with Crippen molar-refractivity contribution in [1.82, 2.24) is 13.9 Å². The molecule has 184 valence electrons. The SMILES string of the molecule is O=S(=O)(c1ccccc1)n1cc(-c2ccc3[nH]c(O)c(-c4ccc5ccccc5n4)c3c2)c2ccccc21. The van der Waals surface area contributed by atoms with Crippen molar-refractivity contribution in [2.45, 2.75) is 4.90 Å². The van der Waals surface area contributed by atoms with Crippen LogP contribution in [0.5, 0.6) is 5.88 Å². The van der Waals surface area contributed by atoms with Crippen molar-refractivity contribution >= 4 is 42.7 Å². The molecular weight excluding hydrogens is 494 g/mol. The number of benzene rings is 4. The van der Waals surface area contributed by atoms with E-state index >= 15 is 0 Å². The molecule has 0 fully saturated rings. The van der Waals surface area contributed by atoms with Gasteiger partial charge in [-0.1, -0.05) is 66.7 Å². The first kappa shape index (κ1) is 22.3. The molecule has 0 aliphatic heterocycles. The number of hydrogen-bond acceptors (Lipinski definition) is 4. The number of fused-ring (bicyclic) bond motifs is 3. The minimum atomic E-state index is -3.80. The first-order valence-electron chi connectivity index (χ1n) is 12.1. The summed E-state index contributed by atoms with van der Waals surface area (Å²) >= 11 is 0. The van der Waals surface area contributed by atoms with Gasteiger partial charge in [-0.15, -0.1) is 0 Å². The standard InChI is InChI=1S/C31H21N3O3S/c35-31-30(28-17-14-20-8-4-6-12-26(20)32-28)24-18-21(15-16-27(24)33-31)25-19-34(29-13-7-5-11-23(25)29)38(36,37)22-9-2-1-3-10-22/h1-19,33,35H. The Morgan fingerprint density at radius 1 is 0.763 bits per heavy atom. The molecule has 0 spiro atoms. The summed E-state index contributed by atoms with van der Waals surface area (Å²) in [6.07, 6.45) is 1.68. The third-order valence-corrected chi connectivity index (χ3v) is 8.61. The average molecular weight is 516 g/mol. The second kappa shape index (κ2) is 8.33. The largest absolute Gasteiger partial charge is 0.494 e. The van der Waals surface area contributed by atoms with Crippen LogP contribution in [0.15, 0.2) is 120 Å². The molecule has 7 heteroatoms. The van der Waals surface area contributed by atoms with Gasteiger partial charge < -0.3 is 10.1 Å². The smallest absolute Gasteiger partial charge is 0.268 e. The fourth-order valence-corrected chi connectivity index (χ4v) is 6.49. The van der Waals surface area contributed by atoms with Crippen LogP contribution in [0, 0.1) is 0 Å². The molecule has 0 amide bonds. The molecular formula is C31H21N3O3S. The summed E-state index contributed by atoms with van der Waals surface area (Å²) in [5, 5.41) is 13.5. The molecule has 0 aliphatic rings. The molecule has 0 bridgehead atoms. The fraction of sp³-hybridized carbons (Fsp3) is 0. The molecule has 38 heavy (non-hydrogen) atoms. The zero-order valence-electron chi connectivity index (χ0n) is 20.0. The molecule has 0 unspecified atom stereocenters. The van der Waals surface area contributed by atoms with E-state index in [-0.39, 0.29) is 10.8 Å². The average Bonchev–Trinajstić information content (AvgIpc) is 3.50. The zero-order valence-corrected chi connectivity index (χ0v) is 20.9. The van der Waals surface area contributed by atoms with Gasteiger partial charge in [0, 0.05) is 33.4 Å². The van der Waals surface area contributed by atoms with Crippen molar-refractivity contribution in [2.24, 2.45) is 0 Å². The van der Waals surface area contributed by atoms with Gasteiger partial charge in [-0.2, -0.15) is 0 Å². The highest BCUT2D eigenvalue weighted by molar-refractivity contribution is 7.90. The first-order chi connectivity index (χ1) is 18.5. The van der Waals surface area contributed by atoms with Gasteiger partial charge in [-0.05, 0) is 48.0 Å². The maximum Gasteiger partial charge on any atom is 0.268 e. The van der Waals surface area contributed by atoms with E-state index in [0.29, 0.717) is 16.8 Å². The topological polar surface area (TPSA) is 88.0 Å². The molecule has 2 N–H and O–H groups in total. The van der Waals surface area contributed by atoms with Gasteiger partial charge in [-0.3, -0.25) is 0 Å². The molecule has 0 saturated carbocycles. The van der Waals surface area contributed by atoms with Gasteiger partial charge in [0.25, 0.3) is 10.0 Å². The lowest BCUT2D eigenvalue weighted by atomic mass is 10.0. The Hall–Kier alpha value is -4.88. The minimum Gasteiger partial charge on any atom is -0.494 e. The van der Waals surface area contributed by atoms with E-state index in [1.54, 1.807) is 36.5 Å². The molecule has 3 heterocycles. The summed E-state index contributed by atoms with van der Waals surface area (Å²) in [5.41, 5.74) is 5.06. The highest BCUT2D eigenvalue weighted by atomic mass is 32.2. The molecule has 0 atom stereocenters. The molecule has 0 saturated heterocycles. The fourth-order valence-electron chi connectivity index (χ4n) is 5.09. The Labute approximate surface area is 218 Å². The Kier molecular flexibility index (Phi) is 4.89. The van der Waals surface area contributed by atoms with E-state index in [0.717, 1.165) is 38.3 Å². The number of aromatic hydroxyl groups is 1. The number of aromatic nitrogens is 3. The van der Waals surface area contributed by atoms with Gasteiger partial charge >= 0.3 is 0 Å². The van der Waals surface area contributed by atoms with Crippen molar-refractivity contribution < 1.29 is 13.5 Å². The lowest BCUT2D eigenvalue weighted by molar-refractivity contribution is 0.460. The molecule has 7 aromatic rings. The third kappa shape index (κ3) is 3.40. The number of H-pyrrole nitrogens is 1. The van der Waals surface area contributed by atoms with Crippen LogP contribution in [0.1, 0.15) is 0 Å². The van der Waals surface area contributed by atoms with Crippen LogP contribution in [-0.2, 0) is 10.0 Å². The second-order valence-electron chi connectivity index (χ2n) is 9.17. The van der Waals surface area contributed by atoms with Gasteiger partial charge in [-0.25, -0.2) is 17.4 Å². The van der Waals surface area contributed by atoms with Crippen molar-refractivity contribution in [1.29, 1.82) is 0 Å². The quantitative estimate of drug-likeness (QED) is 0.266. The number of para-hydroxylation sites is 2. The molecule has 7 rings (SSSR count). The first-order valence-corrected chi connectivity index (χ1v) is 13.6. The number of hydrogen-bond donors (Lipinski definition) is 2. The summed E-state index contributed by atoms with van der Waals surface area (Å²) in [5.74, 6) is 0.0361. The van der Waals surface area contributed by atoms with E-state index in [2.05, 4.69) is 4.98 Å². The van der Waals surface area contributed by atoms with Crippen molar-refractivity contribution in [3.63, 3.8) is 0 Å². The number of pyridine rings is 1. The third-order valence-electron chi connectivity index (χ3n) is 6.92. The second-order valence-corrected chi connectivity index (χ2v) is 11.0. The van der Waals surface area contributed by atoms with E-state index in [4.69, 9.17) is 4.98 Å². The van der Waals surface area contributed by atoms with Crippen molar-refractivity contribution in [3.8, 4) is 28.3 Å². The Morgan fingerprint density at radius 2 is 1.53 bits per heavy atom. The summed E-state index contributed by atoms with van der Waals surface area (Å²) < 4.78 is 28.5. The molecule has 3 aromatic heterocycles. The van der Waals surface area contributed by atoms with Crippen LogP contribution in [-0.4, -0.2) is 27.5 Å². The zero-order chi connectivity index (χ0) is 25.9. The highest BCUT2D eigenvalue weighted by Gasteiger charge is 2.22. The predicted octanol–water partition coefficient (Wildman–Crippen LogP) is 6.95. The predicted molar refractivity (Wildman–Crippen MR) is 151 cm³/mol. The van der Waals surface area contributed by atoms with Crippen LogP contribution in [0.25, 0.3) is 55.1 Å². The van der Waals surface area contributed by atoms with E-state index in [1.807, 2.05) is 78.9 Å². The summed E-state index contributed by atoms with van der Waals surface area (Å²) in [7, 11) is -3.80. The van der Waals surface area contributed by atoms with Crippen LogP contribution < -0.4 is 0 Å². The Balaban J connectivity index is 1.44. The van der Waals surface area contributed by atoms with Crippen LogP contribution in [0.3, 0.4) is 0 Å². The molecule has 0 radical (unpaired) electrons. The Morgan fingerprint density at radius 3 is 2.39 bits per heavy atom. The van der Waals surface area contributed by atoms with Crippen LogP contribution in [0.4, 0.5) is 0 Å². The van der Waals surface area contributed by atoms with Gasteiger partial charge in [0.1, 0.15) is 0 Å². The number of rotatable bonds is 4. The van der Waals surface area contributed by atoms with Gasteiger partial charge in [0.05, 0.1) is 27.2 Å². The van der Waals surface area contributed by atoms with Gasteiger partial charge in [0.15, 0.2) is 5.88 Å². The summed E-state index contributed by atoms with van der Waals surface area (Å²) in [6, 6.07) is 33.4. The lowest BCUT2D eigenvalue weighted by Gasteiger charge is -2.07. The maximum absolute atomic E-state index is 13.6. The van der Waals surface area contributed by atoms with E-state index in [1.165, 1.54) is 3.97 Å². The maximum atomic E-state index is 13.6. The molecule has 4 aromatic carbocycles.